The number of para-hydroxylation sites is 1. The first-order valence-electron chi connectivity index (χ1n) is 5.71. The molecule has 1 amide bonds. The van der Waals surface area contributed by atoms with Gasteiger partial charge in [-0.25, -0.2) is 0 Å². The van der Waals surface area contributed by atoms with Crippen LogP contribution in [-0.4, -0.2) is 17.2 Å². The molecule has 0 radical (unpaired) electrons. The predicted octanol–water partition coefficient (Wildman–Crippen LogP) is 3.95. The molecule has 0 aliphatic carbocycles. The highest BCUT2D eigenvalue weighted by molar-refractivity contribution is 6.32. The summed E-state index contributed by atoms with van der Waals surface area (Å²) in [6, 6.07) is 7.64. The largest absolute Gasteiger partial charge is 0.325 e. The van der Waals surface area contributed by atoms with Crippen LogP contribution >= 0.6 is 23.2 Å². The molecule has 1 aromatic rings. The SMILES string of the molecule is Cc1ccccc1NC(=O)[C@@H](Cl)CCCCCl. The molecule has 94 valence electrons. The number of benzene rings is 1. The first-order chi connectivity index (χ1) is 8.15. The Morgan fingerprint density at radius 2 is 2.06 bits per heavy atom. The number of anilines is 1. The normalized spacial score (nSPS) is 12.2. The number of alkyl halides is 2. The maximum Gasteiger partial charge on any atom is 0.242 e. The molecule has 0 unspecified atom stereocenters. The van der Waals surface area contributed by atoms with Crippen LogP contribution in [0.2, 0.25) is 0 Å². The van der Waals surface area contributed by atoms with E-state index >= 15 is 0 Å². The highest BCUT2D eigenvalue weighted by Gasteiger charge is 2.15. The lowest BCUT2D eigenvalue weighted by molar-refractivity contribution is -0.116. The number of halogens is 2. The third kappa shape index (κ3) is 4.97. The molecule has 0 aliphatic rings. The Morgan fingerprint density at radius 3 is 2.71 bits per heavy atom. The summed E-state index contributed by atoms with van der Waals surface area (Å²) in [5.41, 5.74) is 1.85. The quantitative estimate of drug-likeness (QED) is 0.617. The molecule has 0 aromatic heterocycles. The molecule has 0 spiro atoms. The number of hydrogen-bond donors (Lipinski definition) is 1. The van der Waals surface area contributed by atoms with Crippen LogP contribution in [0.1, 0.15) is 24.8 Å². The van der Waals surface area contributed by atoms with Crippen molar-refractivity contribution in [3.63, 3.8) is 0 Å². The van der Waals surface area contributed by atoms with E-state index in [0.717, 1.165) is 24.1 Å². The number of carbonyl (C=O) groups excluding carboxylic acids is 1. The van der Waals surface area contributed by atoms with Crippen molar-refractivity contribution >= 4 is 34.8 Å². The van der Waals surface area contributed by atoms with Crippen molar-refractivity contribution in [3.8, 4) is 0 Å². The lowest BCUT2D eigenvalue weighted by atomic mass is 10.1. The number of amides is 1. The van der Waals surface area contributed by atoms with Gasteiger partial charge >= 0.3 is 0 Å². The summed E-state index contributed by atoms with van der Waals surface area (Å²) in [6.45, 7) is 1.95. The minimum atomic E-state index is -0.488. The van der Waals surface area contributed by atoms with Gasteiger partial charge in [-0.1, -0.05) is 24.6 Å². The van der Waals surface area contributed by atoms with Crippen molar-refractivity contribution in [1.82, 2.24) is 0 Å². The number of rotatable bonds is 6. The molecular formula is C13H17Cl2NO. The Morgan fingerprint density at radius 1 is 1.35 bits per heavy atom. The predicted molar refractivity (Wildman–Crippen MR) is 74.0 cm³/mol. The zero-order chi connectivity index (χ0) is 12.7. The van der Waals surface area contributed by atoms with E-state index in [0.29, 0.717) is 12.3 Å². The average Bonchev–Trinajstić information content (AvgIpc) is 2.32. The van der Waals surface area contributed by atoms with Gasteiger partial charge in [-0.15, -0.1) is 23.2 Å². The maximum absolute atomic E-state index is 11.8. The molecule has 4 heteroatoms. The van der Waals surface area contributed by atoms with Crippen molar-refractivity contribution in [1.29, 1.82) is 0 Å². The molecule has 0 saturated carbocycles. The summed E-state index contributed by atoms with van der Waals surface area (Å²) < 4.78 is 0. The number of hydrogen-bond acceptors (Lipinski definition) is 1. The second-order valence-corrected chi connectivity index (χ2v) is 4.86. The van der Waals surface area contributed by atoms with Gasteiger partial charge in [-0.2, -0.15) is 0 Å². The molecule has 0 aliphatic heterocycles. The van der Waals surface area contributed by atoms with Gasteiger partial charge in [0.25, 0.3) is 0 Å². The maximum atomic E-state index is 11.8. The molecule has 1 aromatic carbocycles. The van der Waals surface area contributed by atoms with Gasteiger partial charge in [-0.3, -0.25) is 4.79 Å². The zero-order valence-electron chi connectivity index (χ0n) is 9.88. The third-order valence-corrected chi connectivity index (χ3v) is 3.21. The number of aryl methyl sites for hydroxylation is 1. The van der Waals surface area contributed by atoms with Gasteiger partial charge in [0.1, 0.15) is 5.38 Å². The molecule has 1 atom stereocenters. The van der Waals surface area contributed by atoms with Gasteiger partial charge in [0, 0.05) is 11.6 Å². The molecule has 1 N–H and O–H groups in total. The third-order valence-electron chi connectivity index (χ3n) is 2.53. The van der Waals surface area contributed by atoms with Crippen LogP contribution in [0.5, 0.6) is 0 Å². The molecule has 1 rings (SSSR count). The summed E-state index contributed by atoms with van der Waals surface area (Å²) in [7, 11) is 0. The van der Waals surface area contributed by atoms with Crippen molar-refractivity contribution < 1.29 is 4.79 Å². The van der Waals surface area contributed by atoms with E-state index < -0.39 is 5.38 Å². The Hall–Kier alpha value is -0.730. The average molecular weight is 274 g/mol. The van der Waals surface area contributed by atoms with Gasteiger partial charge in [0.2, 0.25) is 5.91 Å². The molecule has 0 fully saturated rings. The molecule has 2 nitrogen and oxygen atoms in total. The Labute approximate surface area is 112 Å². The van der Waals surface area contributed by atoms with E-state index in [1.165, 1.54) is 0 Å². The fraction of sp³-hybridized carbons (Fsp3) is 0.462. The second-order valence-electron chi connectivity index (χ2n) is 3.96. The second kappa shape index (κ2) is 7.57. The fourth-order valence-corrected chi connectivity index (χ4v) is 1.87. The fourth-order valence-electron chi connectivity index (χ4n) is 1.47. The van der Waals surface area contributed by atoms with Crippen LogP contribution in [0.25, 0.3) is 0 Å². The van der Waals surface area contributed by atoms with E-state index in [9.17, 15) is 4.79 Å². The first kappa shape index (κ1) is 14.3. The highest BCUT2D eigenvalue weighted by Crippen LogP contribution is 2.16. The Bertz CT molecular complexity index is 368. The van der Waals surface area contributed by atoms with Crippen molar-refractivity contribution in [2.75, 3.05) is 11.2 Å². The van der Waals surface area contributed by atoms with E-state index in [2.05, 4.69) is 5.32 Å². The van der Waals surface area contributed by atoms with E-state index in [4.69, 9.17) is 23.2 Å². The van der Waals surface area contributed by atoms with Crippen LogP contribution in [0.15, 0.2) is 24.3 Å². The highest BCUT2D eigenvalue weighted by atomic mass is 35.5. The smallest absolute Gasteiger partial charge is 0.242 e. The summed E-state index contributed by atoms with van der Waals surface area (Å²) >= 11 is 11.6. The summed E-state index contributed by atoms with van der Waals surface area (Å²) in [6.07, 6.45) is 2.42. The van der Waals surface area contributed by atoms with Crippen molar-refractivity contribution in [3.05, 3.63) is 29.8 Å². The van der Waals surface area contributed by atoms with Crippen LogP contribution in [0, 0.1) is 6.92 Å². The molecular weight excluding hydrogens is 257 g/mol. The van der Waals surface area contributed by atoms with Gasteiger partial charge in [-0.05, 0) is 31.4 Å². The van der Waals surface area contributed by atoms with Crippen LogP contribution in [0.4, 0.5) is 5.69 Å². The topological polar surface area (TPSA) is 29.1 Å². The van der Waals surface area contributed by atoms with Crippen molar-refractivity contribution in [2.24, 2.45) is 0 Å². The van der Waals surface area contributed by atoms with Crippen LogP contribution in [0.3, 0.4) is 0 Å². The van der Waals surface area contributed by atoms with Gasteiger partial charge in [0.15, 0.2) is 0 Å². The van der Waals surface area contributed by atoms with E-state index in [1.54, 1.807) is 0 Å². The molecule has 0 saturated heterocycles. The molecule has 0 bridgehead atoms. The number of unbranched alkanes of at least 4 members (excludes halogenated alkanes) is 1. The lowest BCUT2D eigenvalue weighted by Gasteiger charge is -2.11. The summed E-state index contributed by atoms with van der Waals surface area (Å²) in [4.78, 5) is 11.8. The van der Waals surface area contributed by atoms with E-state index in [1.807, 2.05) is 31.2 Å². The number of nitrogens with one attached hydrogen (secondary N) is 1. The molecule has 0 heterocycles. The zero-order valence-corrected chi connectivity index (χ0v) is 11.4. The standard InChI is InChI=1S/C13H17Cl2NO/c1-10-6-2-3-8-12(10)16-13(17)11(15)7-4-5-9-14/h2-3,6,8,11H,4-5,7,9H2,1H3,(H,16,17)/t11-/m0/s1. The minimum absolute atomic E-state index is 0.143. The minimum Gasteiger partial charge on any atom is -0.325 e. The Balaban J connectivity index is 2.46. The van der Waals surface area contributed by atoms with E-state index in [-0.39, 0.29) is 5.91 Å². The molecule has 17 heavy (non-hydrogen) atoms. The first-order valence-corrected chi connectivity index (χ1v) is 6.68. The lowest BCUT2D eigenvalue weighted by Crippen LogP contribution is -2.23. The van der Waals surface area contributed by atoms with Crippen molar-refractivity contribution in [2.45, 2.75) is 31.6 Å². The van der Waals surface area contributed by atoms with Gasteiger partial charge in [0.05, 0.1) is 0 Å². The number of carbonyl (C=O) groups is 1. The Kier molecular flexibility index (Phi) is 6.38. The van der Waals surface area contributed by atoms with Crippen LogP contribution in [-0.2, 0) is 4.79 Å². The monoisotopic (exact) mass is 273 g/mol. The summed E-state index contributed by atoms with van der Waals surface area (Å²) in [5, 5.41) is 2.34. The van der Waals surface area contributed by atoms with Crippen LogP contribution < -0.4 is 5.32 Å². The van der Waals surface area contributed by atoms with Gasteiger partial charge < -0.3 is 5.32 Å². The summed E-state index contributed by atoms with van der Waals surface area (Å²) in [5.74, 6) is 0.471.